The third-order valence-electron chi connectivity index (χ3n) is 2.24. The van der Waals surface area contributed by atoms with Crippen molar-refractivity contribution in [3.05, 3.63) is 48.3 Å². The zero-order valence-electron chi connectivity index (χ0n) is 8.58. The summed E-state index contributed by atoms with van der Waals surface area (Å²) >= 11 is 0. The molecule has 0 spiro atoms. The molecule has 4 heteroatoms. The Kier molecular flexibility index (Phi) is 2.81. The summed E-state index contributed by atoms with van der Waals surface area (Å²) < 4.78 is 31.7. The smallest absolute Gasteiger partial charge is 0.166 e. The summed E-state index contributed by atoms with van der Waals surface area (Å²) in [6, 6.07) is 5.60. The standard InChI is InChI=1S/C12H9F2NO/c1-16-11-5-6-15-7-9(11)8-3-2-4-10(13)12(8)14/h2-7H,1H3. The molecule has 0 bridgehead atoms. The fraction of sp³-hybridized carbons (Fsp3) is 0.0833. The van der Waals surface area contributed by atoms with Crippen LogP contribution in [0.25, 0.3) is 11.1 Å². The number of hydrogen-bond donors (Lipinski definition) is 0. The second-order valence-corrected chi connectivity index (χ2v) is 3.18. The summed E-state index contributed by atoms with van der Waals surface area (Å²) in [5.74, 6) is -1.32. The van der Waals surface area contributed by atoms with Gasteiger partial charge in [0.25, 0.3) is 0 Å². The minimum Gasteiger partial charge on any atom is -0.496 e. The lowest BCUT2D eigenvalue weighted by Gasteiger charge is -2.08. The highest BCUT2D eigenvalue weighted by Crippen LogP contribution is 2.31. The van der Waals surface area contributed by atoms with E-state index >= 15 is 0 Å². The molecule has 0 fully saturated rings. The molecule has 0 unspecified atom stereocenters. The number of halogens is 2. The van der Waals surface area contributed by atoms with Crippen LogP contribution in [0.4, 0.5) is 8.78 Å². The van der Waals surface area contributed by atoms with Crippen molar-refractivity contribution in [1.29, 1.82) is 0 Å². The van der Waals surface area contributed by atoms with Gasteiger partial charge in [-0.05, 0) is 12.1 Å². The average molecular weight is 221 g/mol. The maximum atomic E-state index is 13.5. The van der Waals surface area contributed by atoms with Gasteiger partial charge in [-0.3, -0.25) is 4.98 Å². The van der Waals surface area contributed by atoms with E-state index in [1.165, 1.54) is 31.6 Å². The molecule has 1 heterocycles. The summed E-state index contributed by atoms with van der Waals surface area (Å²) in [5.41, 5.74) is 0.576. The van der Waals surface area contributed by atoms with Crippen molar-refractivity contribution >= 4 is 0 Å². The predicted molar refractivity (Wildman–Crippen MR) is 56.1 cm³/mol. The Bertz CT molecular complexity index is 514. The van der Waals surface area contributed by atoms with Gasteiger partial charge in [-0.15, -0.1) is 0 Å². The molecular formula is C12H9F2NO. The largest absolute Gasteiger partial charge is 0.496 e. The van der Waals surface area contributed by atoms with Crippen LogP contribution in [0.1, 0.15) is 0 Å². The van der Waals surface area contributed by atoms with Gasteiger partial charge in [-0.25, -0.2) is 8.78 Å². The van der Waals surface area contributed by atoms with Gasteiger partial charge >= 0.3 is 0 Å². The van der Waals surface area contributed by atoms with Crippen molar-refractivity contribution in [2.45, 2.75) is 0 Å². The number of nitrogens with zero attached hydrogens (tertiary/aromatic N) is 1. The predicted octanol–water partition coefficient (Wildman–Crippen LogP) is 3.04. The lowest BCUT2D eigenvalue weighted by atomic mass is 10.1. The van der Waals surface area contributed by atoms with Crippen molar-refractivity contribution in [3.8, 4) is 16.9 Å². The van der Waals surface area contributed by atoms with Crippen molar-refractivity contribution < 1.29 is 13.5 Å². The van der Waals surface area contributed by atoms with E-state index < -0.39 is 11.6 Å². The molecule has 0 amide bonds. The summed E-state index contributed by atoms with van der Waals surface area (Å²) in [6.45, 7) is 0. The van der Waals surface area contributed by atoms with Crippen LogP contribution in [-0.2, 0) is 0 Å². The molecule has 2 aromatic rings. The van der Waals surface area contributed by atoms with E-state index in [0.29, 0.717) is 11.3 Å². The van der Waals surface area contributed by atoms with Gasteiger partial charge in [0.15, 0.2) is 11.6 Å². The molecule has 0 atom stereocenters. The van der Waals surface area contributed by atoms with Gasteiger partial charge in [0.2, 0.25) is 0 Å². The minimum absolute atomic E-state index is 0.143. The Morgan fingerprint density at radius 3 is 2.69 bits per heavy atom. The maximum absolute atomic E-state index is 13.5. The number of hydrogen-bond acceptors (Lipinski definition) is 2. The first-order valence-electron chi connectivity index (χ1n) is 4.66. The van der Waals surface area contributed by atoms with Crippen LogP contribution < -0.4 is 4.74 Å². The minimum atomic E-state index is -0.895. The van der Waals surface area contributed by atoms with Gasteiger partial charge in [0.05, 0.1) is 7.11 Å². The molecule has 0 saturated heterocycles. The van der Waals surface area contributed by atoms with Gasteiger partial charge in [-0.1, -0.05) is 12.1 Å². The summed E-state index contributed by atoms with van der Waals surface area (Å²) in [4.78, 5) is 3.87. The Balaban J connectivity index is 2.63. The van der Waals surface area contributed by atoms with E-state index in [4.69, 9.17) is 4.74 Å². The monoisotopic (exact) mass is 221 g/mol. The van der Waals surface area contributed by atoms with Crippen LogP contribution >= 0.6 is 0 Å². The Hall–Kier alpha value is -1.97. The molecule has 1 aromatic carbocycles. The van der Waals surface area contributed by atoms with Gasteiger partial charge in [0, 0.05) is 23.5 Å². The van der Waals surface area contributed by atoms with Crippen molar-refractivity contribution in [2.24, 2.45) is 0 Å². The third kappa shape index (κ3) is 1.74. The van der Waals surface area contributed by atoms with E-state index in [1.807, 2.05) is 0 Å². The van der Waals surface area contributed by atoms with Crippen LogP contribution in [0.15, 0.2) is 36.7 Å². The van der Waals surface area contributed by atoms with Gasteiger partial charge in [-0.2, -0.15) is 0 Å². The fourth-order valence-corrected chi connectivity index (χ4v) is 1.47. The van der Waals surface area contributed by atoms with Gasteiger partial charge in [0.1, 0.15) is 5.75 Å². The average Bonchev–Trinajstić information content (AvgIpc) is 2.33. The molecule has 1 aromatic heterocycles. The van der Waals surface area contributed by atoms with Crippen LogP contribution in [0.5, 0.6) is 5.75 Å². The molecule has 0 saturated carbocycles. The zero-order chi connectivity index (χ0) is 11.5. The van der Waals surface area contributed by atoms with Crippen LogP contribution in [-0.4, -0.2) is 12.1 Å². The quantitative estimate of drug-likeness (QED) is 0.777. The lowest BCUT2D eigenvalue weighted by Crippen LogP contribution is -1.93. The molecule has 2 rings (SSSR count). The van der Waals surface area contributed by atoms with E-state index in [-0.39, 0.29) is 5.56 Å². The third-order valence-corrected chi connectivity index (χ3v) is 2.24. The van der Waals surface area contributed by atoms with E-state index in [0.717, 1.165) is 6.07 Å². The number of rotatable bonds is 2. The van der Waals surface area contributed by atoms with E-state index in [2.05, 4.69) is 4.98 Å². The topological polar surface area (TPSA) is 22.1 Å². The van der Waals surface area contributed by atoms with Crippen LogP contribution in [0.3, 0.4) is 0 Å². The molecule has 0 aliphatic carbocycles. The molecule has 0 radical (unpaired) electrons. The fourth-order valence-electron chi connectivity index (χ4n) is 1.47. The zero-order valence-corrected chi connectivity index (χ0v) is 8.58. The highest BCUT2D eigenvalue weighted by Gasteiger charge is 2.13. The Labute approximate surface area is 91.5 Å². The first kappa shape index (κ1) is 10.5. The summed E-state index contributed by atoms with van der Waals surface area (Å²) in [5, 5.41) is 0. The van der Waals surface area contributed by atoms with Gasteiger partial charge < -0.3 is 4.74 Å². The molecule has 82 valence electrons. The second kappa shape index (κ2) is 4.26. The molecule has 2 nitrogen and oxygen atoms in total. The summed E-state index contributed by atoms with van der Waals surface area (Å²) in [7, 11) is 1.47. The number of ether oxygens (including phenoxy) is 1. The summed E-state index contributed by atoms with van der Waals surface area (Å²) in [6.07, 6.45) is 2.97. The number of methoxy groups -OCH3 is 1. The molecule has 0 aliphatic rings. The SMILES string of the molecule is COc1ccncc1-c1cccc(F)c1F. The lowest BCUT2D eigenvalue weighted by molar-refractivity contribution is 0.415. The van der Waals surface area contributed by atoms with E-state index in [9.17, 15) is 8.78 Å². The second-order valence-electron chi connectivity index (χ2n) is 3.18. The first-order valence-corrected chi connectivity index (χ1v) is 4.66. The van der Waals surface area contributed by atoms with Crippen LogP contribution in [0.2, 0.25) is 0 Å². The van der Waals surface area contributed by atoms with Crippen molar-refractivity contribution in [3.63, 3.8) is 0 Å². The number of aromatic nitrogens is 1. The normalized spacial score (nSPS) is 10.2. The van der Waals surface area contributed by atoms with Crippen LogP contribution in [0, 0.1) is 11.6 Å². The van der Waals surface area contributed by atoms with Crippen molar-refractivity contribution in [2.75, 3.05) is 7.11 Å². The molecule has 0 aliphatic heterocycles. The maximum Gasteiger partial charge on any atom is 0.166 e. The van der Waals surface area contributed by atoms with E-state index in [1.54, 1.807) is 6.07 Å². The highest BCUT2D eigenvalue weighted by molar-refractivity contribution is 5.69. The molecule has 0 N–H and O–H groups in total. The Morgan fingerprint density at radius 2 is 1.94 bits per heavy atom. The highest BCUT2D eigenvalue weighted by atomic mass is 19.2. The Morgan fingerprint density at radius 1 is 1.12 bits per heavy atom. The molecule has 16 heavy (non-hydrogen) atoms. The number of pyridine rings is 1. The number of benzene rings is 1. The molecular weight excluding hydrogens is 212 g/mol. The van der Waals surface area contributed by atoms with Crippen molar-refractivity contribution in [1.82, 2.24) is 4.98 Å². The first-order chi connectivity index (χ1) is 7.74.